The molecule has 22 heavy (non-hydrogen) atoms. The van der Waals surface area contributed by atoms with E-state index >= 15 is 0 Å². The first-order chi connectivity index (χ1) is 10.4. The zero-order valence-corrected chi connectivity index (χ0v) is 14.8. The van der Waals surface area contributed by atoms with Gasteiger partial charge in [-0.2, -0.15) is 0 Å². The second-order valence-electron chi connectivity index (χ2n) is 6.21. The molecular formula is C16H25ClN2O2S. The molecule has 1 saturated heterocycles. The van der Waals surface area contributed by atoms with Crippen molar-refractivity contribution in [2.45, 2.75) is 44.0 Å². The molecule has 0 amide bonds. The summed E-state index contributed by atoms with van der Waals surface area (Å²) in [5.74, 6) is 0.408. The van der Waals surface area contributed by atoms with Crippen molar-refractivity contribution in [3.63, 3.8) is 0 Å². The van der Waals surface area contributed by atoms with Crippen LogP contribution in [0, 0.1) is 5.92 Å². The van der Waals surface area contributed by atoms with Crippen LogP contribution >= 0.6 is 11.6 Å². The summed E-state index contributed by atoms with van der Waals surface area (Å²) in [4.78, 5) is 2.68. The smallest absolute Gasteiger partial charge is 0.240 e. The van der Waals surface area contributed by atoms with E-state index in [1.165, 1.54) is 31.4 Å². The van der Waals surface area contributed by atoms with Crippen molar-refractivity contribution in [2.75, 3.05) is 19.6 Å². The van der Waals surface area contributed by atoms with Gasteiger partial charge in [-0.05, 0) is 56.1 Å². The van der Waals surface area contributed by atoms with Crippen LogP contribution < -0.4 is 4.72 Å². The number of piperidine rings is 1. The minimum Gasteiger partial charge on any atom is -0.299 e. The van der Waals surface area contributed by atoms with E-state index in [2.05, 4.69) is 23.5 Å². The molecule has 4 nitrogen and oxygen atoms in total. The molecule has 1 aliphatic rings. The van der Waals surface area contributed by atoms with Gasteiger partial charge in [0.25, 0.3) is 0 Å². The quantitative estimate of drug-likeness (QED) is 0.862. The van der Waals surface area contributed by atoms with E-state index in [9.17, 15) is 8.42 Å². The Morgan fingerprint density at radius 3 is 2.27 bits per heavy atom. The summed E-state index contributed by atoms with van der Waals surface area (Å²) in [6.07, 6.45) is 3.68. The fraction of sp³-hybridized carbons (Fsp3) is 0.625. The number of benzene rings is 1. The van der Waals surface area contributed by atoms with Gasteiger partial charge in [0.15, 0.2) is 0 Å². The topological polar surface area (TPSA) is 49.4 Å². The SMILES string of the molecule is CC(C)C(CNS(=O)(=O)c1ccc(Cl)cc1)N1CCCCC1. The highest BCUT2D eigenvalue weighted by Crippen LogP contribution is 2.18. The Balaban J connectivity index is 2.03. The average Bonchev–Trinajstić information content (AvgIpc) is 2.48. The first-order valence-electron chi connectivity index (χ1n) is 7.89. The van der Waals surface area contributed by atoms with Crippen LogP contribution in [0.5, 0.6) is 0 Å². The predicted octanol–water partition coefficient (Wildman–Crippen LogP) is 3.13. The van der Waals surface area contributed by atoms with Crippen LogP contribution in [-0.4, -0.2) is 39.0 Å². The zero-order valence-electron chi connectivity index (χ0n) is 13.3. The van der Waals surface area contributed by atoms with Gasteiger partial charge in [0.1, 0.15) is 0 Å². The number of hydrogen-bond acceptors (Lipinski definition) is 3. The van der Waals surface area contributed by atoms with Crippen LogP contribution in [0.3, 0.4) is 0 Å². The summed E-state index contributed by atoms with van der Waals surface area (Å²) in [6, 6.07) is 6.51. The minimum atomic E-state index is -3.48. The standard InChI is InChI=1S/C16H25ClN2O2S/c1-13(2)16(19-10-4-3-5-11-19)12-18-22(20,21)15-8-6-14(17)7-9-15/h6-9,13,16,18H,3-5,10-12H2,1-2H3. The van der Waals surface area contributed by atoms with Gasteiger partial charge in [0, 0.05) is 17.6 Å². The largest absolute Gasteiger partial charge is 0.299 e. The Bertz CT molecular complexity index is 566. The molecule has 1 fully saturated rings. The second kappa shape index (κ2) is 7.77. The van der Waals surface area contributed by atoms with Crippen molar-refractivity contribution in [2.24, 2.45) is 5.92 Å². The Hall–Kier alpha value is -0.620. The lowest BCUT2D eigenvalue weighted by molar-refractivity contribution is 0.130. The first kappa shape index (κ1) is 17.7. The molecule has 6 heteroatoms. The first-order valence-corrected chi connectivity index (χ1v) is 9.75. The molecule has 1 aromatic rings. The van der Waals surface area contributed by atoms with E-state index in [4.69, 9.17) is 11.6 Å². The maximum absolute atomic E-state index is 12.4. The monoisotopic (exact) mass is 344 g/mol. The molecule has 0 spiro atoms. The predicted molar refractivity (Wildman–Crippen MR) is 90.7 cm³/mol. The van der Waals surface area contributed by atoms with Crippen LogP contribution in [0.25, 0.3) is 0 Å². The highest BCUT2D eigenvalue weighted by molar-refractivity contribution is 7.89. The van der Waals surface area contributed by atoms with Gasteiger partial charge in [-0.1, -0.05) is 31.9 Å². The fourth-order valence-electron chi connectivity index (χ4n) is 2.93. The van der Waals surface area contributed by atoms with Crippen LogP contribution in [-0.2, 0) is 10.0 Å². The molecule has 2 rings (SSSR count). The number of sulfonamides is 1. The van der Waals surface area contributed by atoms with E-state index in [1.807, 2.05) is 0 Å². The number of likely N-dealkylation sites (tertiary alicyclic amines) is 1. The highest BCUT2D eigenvalue weighted by Gasteiger charge is 2.25. The van der Waals surface area contributed by atoms with Crippen molar-refractivity contribution in [3.05, 3.63) is 29.3 Å². The molecule has 0 radical (unpaired) electrons. The molecule has 0 bridgehead atoms. The van der Waals surface area contributed by atoms with E-state index in [0.717, 1.165) is 13.1 Å². The summed E-state index contributed by atoms with van der Waals surface area (Å²) < 4.78 is 27.5. The lowest BCUT2D eigenvalue weighted by atomic mass is 9.99. The molecule has 124 valence electrons. The zero-order chi connectivity index (χ0) is 16.2. The van der Waals surface area contributed by atoms with E-state index in [0.29, 0.717) is 17.5 Å². The molecule has 0 saturated carbocycles. The van der Waals surface area contributed by atoms with E-state index in [-0.39, 0.29) is 10.9 Å². The van der Waals surface area contributed by atoms with Gasteiger partial charge in [-0.25, -0.2) is 13.1 Å². The van der Waals surface area contributed by atoms with Gasteiger partial charge in [-0.3, -0.25) is 4.90 Å². The minimum absolute atomic E-state index is 0.238. The highest BCUT2D eigenvalue weighted by atomic mass is 35.5. The van der Waals surface area contributed by atoms with Crippen LogP contribution in [0.4, 0.5) is 0 Å². The molecular weight excluding hydrogens is 320 g/mol. The lowest BCUT2D eigenvalue weighted by Crippen LogP contribution is -2.48. The molecule has 1 aromatic carbocycles. The normalized spacial score (nSPS) is 18.5. The number of nitrogens with zero attached hydrogens (tertiary/aromatic N) is 1. The van der Waals surface area contributed by atoms with Crippen molar-refractivity contribution < 1.29 is 8.42 Å². The number of nitrogens with one attached hydrogen (secondary N) is 1. The van der Waals surface area contributed by atoms with E-state index in [1.54, 1.807) is 12.1 Å². The van der Waals surface area contributed by atoms with E-state index < -0.39 is 10.0 Å². The maximum atomic E-state index is 12.4. The Morgan fingerprint density at radius 2 is 1.73 bits per heavy atom. The van der Waals surface area contributed by atoms with Crippen LogP contribution in [0.1, 0.15) is 33.1 Å². The molecule has 1 unspecified atom stereocenters. The molecule has 1 N–H and O–H groups in total. The summed E-state index contributed by atoms with van der Waals surface area (Å²) in [6.45, 7) is 6.87. The molecule has 0 aliphatic carbocycles. The third-order valence-electron chi connectivity index (χ3n) is 4.24. The van der Waals surface area contributed by atoms with Crippen LogP contribution in [0.15, 0.2) is 29.2 Å². The Morgan fingerprint density at radius 1 is 1.14 bits per heavy atom. The van der Waals surface area contributed by atoms with Crippen molar-refractivity contribution >= 4 is 21.6 Å². The lowest BCUT2D eigenvalue weighted by Gasteiger charge is -2.37. The summed E-state index contributed by atoms with van der Waals surface area (Å²) in [5.41, 5.74) is 0. The second-order valence-corrected chi connectivity index (χ2v) is 8.42. The number of hydrogen-bond donors (Lipinski definition) is 1. The van der Waals surface area contributed by atoms with Gasteiger partial charge < -0.3 is 0 Å². The van der Waals surface area contributed by atoms with Gasteiger partial charge in [0.2, 0.25) is 10.0 Å². The van der Waals surface area contributed by atoms with Crippen molar-refractivity contribution in [1.29, 1.82) is 0 Å². The summed E-state index contributed by atoms with van der Waals surface area (Å²) in [7, 11) is -3.48. The van der Waals surface area contributed by atoms with Gasteiger partial charge >= 0.3 is 0 Å². The van der Waals surface area contributed by atoms with Crippen molar-refractivity contribution in [3.8, 4) is 0 Å². The molecule has 0 aromatic heterocycles. The summed E-state index contributed by atoms with van der Waals surface area (Å²) in [5, 5.41) is 0.535. The fourth-order valence-corrected chi connectivity index (χ4v) is 4.11. The Kier molecular flexibility index (Phi) is 6.26. The van der Waals surface area contributed by atoms with Crippen molar-refractivity contribution in [1.82, 2.24) is 9.62 Å². The molecule has 1 atom stereocenters. The third-order valence-corrected chi connectivity index (χ3v) is 5.93. The van der Waals surface area contributed by atoms with Gasteiger partial charge in [-0.15, -0.1) is 0 Å². The van der Waals surface area contributed by atoms with Crippen LogP contribution in [0.2, 0.25) is 5.02 Å². The third kappa shape index (κ3) is 4.69. The maximum Gasteiger partial charge on any atom is 0.240 e. The summed E-state index contributed by atoms with van der Waals surface area (Å²) >= 11 is 5.81. The average molecular weight is 345 g/mol. The number of halogens is 1. The Labute approximate surface area is 138 Å². The van der Waals surface area contributed by atoms with Gasteiger partial charge in [0.05, 0.1) is 4.90 Å². The molecule has 1 aliphatic heterocycles. The molecule has 1 heterocycles. The number of rotatable bonds is 6.